The summed E-state index contributed by atoms with van der Waals surface area (Å²) >= 11 is -0.639. The van der Waals surface area contributed by atoms with E-state index in [2.05, 4.69) is 45.0 Å². The van der Waals surface area contributed by atoms with Crippen molar-refractivity contribution in [1.29, 1.82) is 0 Å². The Morgan fingerprint density at radius 1 is 1.15 bits per heavy atom. The SMILES string of the molecule is [CH2]c1ccc(C(C)C)cc1.[Cl][Mg][Cl]. The van der Waals surface area contributed by atoms with Crippen molar-refractivity contribution < 1.29 is 0 Å². The second-order valence-corrected chi connectivity index (χ2v) is 5.62. The van der Waals surface area contributed by atoms with Crippen molar-refractivity contribution in [2.45, 2.75) is 19.8 Å². The Morgan fingerprint density at radius 2 is 1.54 bits per heavy atom. The molecule has 1 rings (SSSR count). The van der Waals surface area contributed by atoms with E-state index < -0.39 is 18.2 Å². The molecule has 0 fully saturated rings. The third kappa shape index (κ3) is 6.61. The van der Waals surface area contributed by atoms with E-state index in [-0.39, 0.29) is 0 Å². The van der Waals surface area contributed by atoms with Crippen molar-refractivity contribution in [2.24, 2.45) is 0 Å². The van der Waals surface area contributed by atoms with Crippen LogP contribution in [-0.4, -0.2) is 18.2 Å². The molecule has 0 unspecified atom stereocenters. The van der Waals surface area contributed by atoms with Gasteiger partial charge < -0.3 is 18.1 Å². The molecule has 0 aliphatic carbocycles. The van der Waals surface area contributed by atoms with Gasteiger partial charge in [-0.1, -0.05) is 38.1 Å². The predicted octanol–water partition coefficient (Wildman–Crippen LogP) is 3.99. The molecule has 0 saturated heterocycles. The van der Waals surface area contributed by atoms with E-state index >= 15 is 0 Å². The maximum absolute atomic E-state index is 4.90. The molecular weight excluding hydrogens is 215 g/mol. The minimum Gasteiger partial charge on any atom is -0.309 e. The van der Waals surface area contributed by atoms with Crippen LogP contribution in [0.15, 0.2) is 24.3 Å². The van der Waals surface area contributed by atoms with Crippen molar-refractivity contribution >= 4 is 36.3 Å². The van der Waals surface area contributed by atoms with Crippen LogP contribution in [0.1, 0.15) is 30.9 Å². The van der Waals surface area contributed by atoms with Crippen molar-refractivity contribution in [2.75, 3.05) is 0 Å². The highest BCUT2D eigenvalue weighted by Crippen LogP contribution is 2.13. The smallest absolute Gasteiger partial charge is 0.309 e. The lowest BCUT2D eigenvalue weighted by Gasteiger charge is -2.03. The number of hydrogen-bond donors (Lipinski definition) is 0. The summed E-state index contributed by atoms with van der Waals surface area (Å²) in [6.45, 7) is 8.21. The molecule has 0 spiro atoms. The average molecular weight is 228 g/mol. The fraction of sp³-hybridized carbons (Fsp3) is 0.300. The van der Waals surface area contributed by atoms with Crippen LogP contribution in [0.25, 0.3) is 0 Å². The first-order valence-electron chi connectivity index (χ1n) is 4.15. The summed E-state index contributed by atoms with van der Waals surface area (Å²) in [7, 11) is 9.81. The van der Waals surface area contributed by atoms with Crippen molar-refractivity contribution in [3.05, 3.63) is 42.3 Å². The molecule has 0 atom stereocenters. The van der Waals surface area contributed by atoms with E-state index in [1.165, 1.54) is 5.56 Å². The first kappa shape index (κ1) is 13.6. The Balaban J connectivity index is 0.000000424. The molecule has 1 radical (unpaired) electrons. The zero-order chi connectivity index (χ0) is 10.3. The fourth-order valence-electron chi connectivity index (χ4n) is 0.903. The van der Waals surface area contributed by atoms with E-state index in [4.69, 9.17) is 18.1 Å². The first-order valence-corrected chi connectivity index (χ1v) is 8.43. The monoisotopic (exact) mass is 227 g/mol. The average Bonchev–Trinajstić information content (AvgIpc) is 2.06. The Bertz CT molecular complexity index is 219. The molecular formula is C10H13Cl2Mg. The van der Waals surface area contributed by atoms with Crippen LogP contribution in [0.3, 0.4) is 0 Å². The van der Waals surface area contributed by atoms with Gasteiger partial charge in [-0.05, 0) is 24.0 Å². The van der Waals surface area contributed by atoms with E-state index in [1.807, 2.05) is 0 Å². The minimum absolute atomic E-state index is 0.626. The lowest BCUT2D eigenvalue weighted by molar-refractivity contribution is 0.866. The third-order valence-corrected chi connectivity index (χ3v) is 1.65. The summed E-state index contributed by atoms with van der Waals surface area (Å²) in [5.74, 6) is 0.626. The molecule has 0 heterocycles. The quantitative estimate of drug-likeness (QED) is 0.638. The Kier molecular flexibility index (Phi) is 8.27. The van der Waals surface area contributed by atoms with Gasteiger partial charge in [-0.3, -0.25) is 0 Å². The van der Waals surface area contributed by atoms with Gasteiger partial charge in [0, 0.05) is 0 Å². The van der Waals surface area contributed by atoms with Gasteiger partial charge in [-0.25, -0.2) is 0 Å². The minimum atomic E-state index is -0.639. The van der Waals surface area contributed by atoms with Crippen molar-refractivity contribution in [3.63, 3.8) is 0 Å². The molecule has 0 nitrogen and oxygen atoms in total. The molecule has 1 aromatic carbocycles. The molecule has 0 N–H and O–H groups in total. The Morgan fingerprint density at radius 3 is 1.85 bits per heavy atom. The summed E-state index contributed by atoms with van der Waals surface area (Å²) < 4.78 is 0. The molecule has 0 saturated carbocycles. The summed E-state index contributed by atoms with van der Waals surface area (Å²) in [5, 5.41) is 0. The van der Waals surface area contributed by atoms with E-state index in [9.17, 15) is 0 Å². The Hall–Kier alpha value is 0.566. The predicted molar refractivity (Wildman–Crippen MR) is 62.5 cm³/mol. The highest BCUT2D eigenvalue weighted by atomic mass is 35.6. The number of benzene rings is 1. The number of halogens is 2. The van der Waals surface area contributed by atoms with Gasteiger partial charge in [-0.15, -0.1) is 0 Å². The van der Waals surface area contributed by atoms with Crippen LogP contribution in [0, 0.1) is 6.92 Å². The summed E-state index contributed by atoms with van der Waals surface area (Å²) in [6.07, 6.45) is 0. The summed E-state index contributed by atoms with van der Waals surface area (Å²) in [4.78, 5) is 0. The van der Waals surface area contributed by atoms with E-state index in [0.717, 1.165) is 5.56 Å². The zero-order valence-electron chi connectivity index (χ0n) is 8.06. The molecule has 0 aliphatic heterocycles. The van der Waals surface area contributed by atoms with Crippen molar-refractivity contribution in [1.82, 2.24) is 0 Å². The van der Waals surface area contributed by atoms with E-state index in [0.29, 0.717) is 5.92 Å². The Labute approximate surface area is 97.9 Å². The highest BCUT2D eigenvalue weighted by Gasteiger charge is 1.95. The van der Waals surface area contributed by atoms with Gasteiger partial charge in [0.2, 0.25) is 0 Å². The third-order valence-electron chi connectivity index (χ3n) is 1.65. The van der Waals surface area contributed by atoms with Gasteiger partial charge in [-0.2, -0.15) is 0 Å². The first-order chi connectivity index (χ1) is 6.11. The topological polar surface area (TPSA) is 0 Å². The number of hydrogen-bond acceptors (Lipinski definition) is 0. The normalized spacial score (nSPS) is 8.77. The van der Waals surface area contributed by atoms with Gasteiger partial charge in [0.25, 0.3) is 0 Å². The van der Waals surface area contributed by atoms with Crippen LogP contribution < -0.4 is 0 Å². The summed E-state index contributed by atoms with van der Waals surface area (Å²) in [6, 6.07) is 8.37. The van der Waals surface area contributed by atoms with Gasteiger partial charge >= 0.3 is 18.2 Å². The molecule has 3 heteroatoms. The standard InChI is InChI=1S/C10H13.2ClH.Mg/c1-8(2)10-6-4-9(3)5-7-10;;;/h4-8H,3H2,1-2H3;2*1H;/q;;;+2/p-2. The highest BCUT2D eigenvalue weighted by molar-refractivity contribution is 7.22. The largest absolute Gasteiger partial charge is 0.618 e. The van der Waals surface area contributed by atoms with Gasteiger partial charge in [0.05, 0.1) is 0 Å². The van der Waals surface area contributed by atoms with Gasteiger partial charge in [0.1, 0.15) is 0 Å². The second kappa shape index (κ2) is 7.92. The molecule has 1 aromatic rings. The van der Waals surface area contributed by atoms with Crippen LogP contribution in [-0.2, 0) is 0 Å². The lowest BCUT2D eigenvalue weighted by Crippen LogP contribution is -1.85. The molecule has 69 valence electrons. The van der Waals surface area contributed by atoms with Crippen LogP contribution in [0.2, 0.25) is 0 Å². The zero-order valence-corrected chi connectivity index (χ0v) is 11.0. The molecule has 0 aromatic heterocycles. The van der Waals surface area contributed by atoms with E-state index in [1.54, 1.807) is 0 Å². The molecule has 0 aliphatic rings. The molecule has 0 bridgehead atoms. The molecule has 0 amide bonds. The van der Waals surface area contributed by atoms with Gasteiger partial charge in [0.15, 0.2) is 0 Å². The maximum atomic E-state index is 4.90. The van der Waals surface area contributed by atoms with Crippen molar-refractivity contribution in [3.8, 4) is 0 Å². The maximum Gasteiger partial charge on any atom is 0.618 e. The second-order valence-electron chi connectivity index (χ2n) is 3.00. The van der Waals surface area contributed by atoms with Crippen LogP contribution >= 0.6 is 18.1 Å². The lowest BCUT2D eigenvalue weighted by atomic mass is 10.0. The summed E-state index contributed by atoms with van der Waals surface area (Å²) in [5.41, 5.74) is 2.47. The molecule has 13 heavy (non-hydrogen) atoms. The van der Waals surface area contributed by atoms with Crippen LogP contribution in [0.5, 0.6) is 0 Å². The van der Waals surface area contributed by atoms with Crippen LogP contribution in [0.4, 0.5) is 0 Å². The number of rotatable bonds is 1. The fourth-order valence-corrected chi connectivity index (χ4v) is 0.903.